The van der Waals surface area contributed by atoms with Gasteiger partial charge in [-0.05, 0) is 61.7 Å². The maximum Gasteiger partial charge on any atom is 0.319 e. The van der Waals surface area contributed by atoms with E-state index >= 15 is 0 Å². The Morgan fingerprint density at radius 1 is 1.12 bits per heavy atom. The number of amides is 5. The molecule has 1 atom stereocenters. The molecule has 1 saturated heterocycles. The lowest BCUT2D eigenvalue weighted by Crippen LogP contribution is -2.52. The Hall–Kier alpha value is -3.88. The van der Waals surface area contributed by atoms with Crippen LogP contribution in [0.25, 0.3) is 0 Å². The summed E-state index contributed by atoms with van der Waals surface area (Å²) < 4.78 is 5.18. The van der Waals surface area contributed by atoms with E-state index in [1.54, 1.807) is 25.3 Å². The highest BCUT2D eigenvalue weighted by Gasteiger charge is 2.39. The molecule has 9 heteroatoms. The van der Waals surface area contributed by atoms with Gasteiger partial charge in [0.05, 0.1) is 12.6 Å². The summed E-state index contributed by atoms with van der Waals surface area (Å²) in [6, 6.07) is 11.4. The van der Waals surface area contributed by atoms with Crippen molar-refractivity contribution in [3.05, 3.63) is 59.2 Å². The summed E-state index contributed by atoms with van der Waals surface area (Å²) in [5, 5.41) is 8.06. The number of methoxy groups -OCH3 is 1. The second-order valence-electron chi connectivity index (χ2n) is 8.70. The van der Waals surface area contributed by atoms with Crippen LogP contribution in [0.3, 0.4) is 0 Å². The first-order chi connectivity index (χ1) is 15.7. The molecule has 1 unspecified atom stereocenters. The van der Waals surface area contributed by atoms with E-state index in [1.165, 1.54) is 4.90 Å². The number of urea groups is 1. The fraction of sp³-hybridized carbons (Fsp3) is 0.333. The maximum atomic E-state index is 12.8. The number of hydrogen-bond donors (Lipinski definition) is 3. The Morgan fingerprint density at radius 2 is 1.85 bits per heavy atom. The fourth-order valence-electron chi connectivity index (χ4n) is 4.18. The van der Waals surface area contributed by atoms with Gasteiger partial charge in [-0.1, -0.05) is 12.1 Å². The highest BCUT2D eigenvalue weighted by Crippen LogP contribution is 2.29. The Balaban J connectivity index is 1.43. The monoisotopic (exact) mass is 450 g/mol. The van der Waals surface area contributed by atoms with E-state index in [4.69, 9.17) is 4.74 Å². The Morgan fingerprint density at radius 3 is 2.52 bits per heavy atom. The Kier molecular flexibility index (Phi) is 5.80. The minimum Gasteiger partial charge on any atom is -0.497 e. The van der Waals surface area contributed by atoms with Gasteiger partial charge in [0, 0.05) is 24.2 Å². The van der Waals surface area contributed by atoms with E-state index in [1.807, 2.05) is 38.1 Å². The topological polar surface area (TPSA) is 117 Å². The highest BCUT2D eigenvalue weighted by atomic mass is 16.5. The van der Waals surface area contributed by atoms with Crippen molar-refractivity contribution < 1.29 is 23.9 Å². The molecule has 9 nitrogen and oxygen atoms in total. The summed E-state index contributed by atoms with van der Waals surface area (Å²) in [4.78, 5) is 50.5. The van der Waals surface area contributed by atoms with Crippen LogP contribution >= 0.6 is 0 Å². The average Bonchev–Trinajstić information content (AvgIpc) is 3.09. The summed E-state index contributed by atoms with van der Waals surface area (Å²) in [7, 11) is 1.60. The second kappa shape index (κ2) is 8.57. The average molecular weight is 450 g/mol. The van der Waals surface area contributed by atoms with Crippen LogP contribution in [-0.2, 0) is 21.7 Å². The van der Waals surface area contributed by atoms with Crippen molar-refractivity contribution in [3.8, 4) is 5.75 Å². The zero-order valence-corrected chi connectivity index (χ0v) is 18.7. The van der Waals surface area contributed by atoms with Crippen molar-refractivity contribution in [1.82, 2.24) is 15.5 Å². The molecule has 0 spiro atoms. The minimum atomic E-state index is -0.674. The van der Waals surface area contributed by atoms with E-state index in [-0.39, 0.29) is 30.8 Å². The first kappa shape index (κ1) is 22.3. The van der Waals surface area contributed by atoms with Crippen LogP contribution in [0.15, 0.2) is 42.5 Å². The lowest BCUT2D eigenvalue weighted by molar-refractivity contribution is -0.136. The number of ether oxygens (including phenoxy) is 1. The van der Waals surface area contributed by atoms with Gasteiger partial charge in [0.25, 0.3) is 5.91 Å². The van der Waals surface area contributed by atoms with Gasteiger partial charge in [-0.3, -0.25) is 19.7 Å². The predicted octanol–water partition coefficient (Wildman–Crippen LogP) is 2.51. The first-order valence-corrected chi connectivity index (χ1v) is 10.7. The number of carbonyl (C=O) groups is 4. The summed E-state index contributed by atoms with van der Waals surface area (Å²) in [6.45, 7) is 4.04. The number of nitrogens with zero attached hydrogens (tertiary/aromatic N) is 1. The molecular weight excluding hydrogens is 424 g/mol. The smallest absolute Gasteiger partial charge is 0.319 e. The van der Waals surface area contributed by atoms with E-state index in [0.717, 1.165) is 16.9 Å². The maximum absolute atomic E-state index is 12.8. The zero-order valence-electron chi connectivity index (χ0n) is 18.7. The number of imide groups is 1. The van der Waals surface area contributed by atoms with Crippen LogP contribution in [0.2, 0.25) is 0 Å². The second-order valence-corrected chi connectivity index (χ2v) is 8.70. The van der Waals surface area contributed by atoms with Crippen LogP contribution in [0, 0.1) is 0 Å². The SMILES string of the molecule is COc1ccc(C(C)(C)NC(=O)Nc2ccc3c(c2)CN(C2CCC(=O)NC2=O)C3=O)cc1. The first-order valence-electron chi connectivity index (χ1n) is 10.7. The number of nitrogens with one attached hydrogen (secondary N) is 3. The van der Waals surface area contributed by atoms with Gasteiger partial charge in [-0.15, -0.1) is 0 Å². The third-order valence-electron chi connectivity index (χ3n) is 6.02. The molecule has 1 fully saturated rings. The molecule has 0 radical (unpaired) electrons. The number of fused-ring (bicyclic) bond motifs is 1. The molecule has 2 aliphatic heterocycles. The quantitative estimate of drug-likeness (QED) is 0.605. The van der Waals surface area contributed by atoms with Crippen LogP contribution in [0.1, 0.15) is 48.2 Å². The van der Waals surface area contributed by atoms with E-state index in [9.17, 15) is 19.2 Å². The molecule has 172 valence electrons. The lowest BCUT2D eigenvalue weighted by atomic mass is 9.94. The molecule has 2 aliphatic rings. The standard InChI is InChI=1S/C24H26N4O5/c1-24(2,15-4-7-17(33-3)8-5-15)27-23(32)25-16-6-9-18-14(12-16)13-28(22(18)31)19-10-11-20(29)26-21(19)30/h4-9,12,19H,10-11,13H2,1-3H3,(H2,25,27,32)(H,26,29,30). The summed E-state index contributed by atoms with van der Waals surface area (Å²) in [5.74, 6) is -0.296. The van der Waals surface area contributed by atoms with E-state index < -0.39 is 17.5 Å². The van der Waals surface area contributed by atoms with Crippen LogP contribution < -0.4 is 20.7 Å². The van der Waals surface area contributed by atoms with Crippen molar-refractivity contribution >= 4 is 29.4 Å². The van der Waals surface area contributed by atoms with Crippen molar-refractivity contribution in [2.45, 2.75) is 44.8 Å². The molecule has 3 N–H and O–H groups in total. The van der Waals surface area contributed by atoms with Crippen molar-refractivity contribution in [2.75, 3.05) is 12.4 Å². The van der Waals surface area contributed by atoms with Gasteiger partial charge in [-0.2, -0.15) is 0 Å². The van der Waals surface area contributed by atoms with E-state index in [0.29, 0.717) is 17.7 Å². The van der Waals surface area contributed by atoms with E-state index in [2.05, 4.69) is 16.0 Å². The van der Waals surface area contributed by atoms with Crippen molar-refractivity contribution in [2.24, 2.45) is 0 Å². The van der Waals surface area contributed by atoms with Crippen LogP contribution in [0.5, 0.6) is 5.75 Å². The molecule has 4 rings (SSSR count). The minimum absolute atomic E-state index is 0.202. The van der Waals surface area contributed by atoms with Gasteiger partial charge in [0.15, 0.2) is 0 Å². The lowest BCUT2D eigenvalue weighted by Gasteiger charge is -2.29. The molecule has 5 amide bonds. The molecule has 33 heavy (non-hydrogen) atoms. The number of benzene rings is 2. The molecule has 0 aliphatic carbocycles. The molecular formula is C24H26N4O5. The van der Waals surface area contributed by atoms with Crippen molar-refractivity contribution in [3.63, 3.8) is 0 Å². The van der Waals surface area contributed by atoms with Crippen LogP contribution in [-0.4, -0.2) is 41.8 Å². The fourth-order valence-corrected chi connectivity index (χ4v) is 4.18. The molecule has 2 aromatic carbocycles. The van der Waals surface area contributed by atoms with Gasteiger partial charge in [0.1, 0.15) is 11.8 Å². The molecule has 0 aromatic heterocycles. The summed E-state index contributed by atoms with van der Waals surface area (Å²) in [6.07, 6.45) is 0.506. The third-order valence-corrected chi connectivity index (χ3v) is 6.02. The number of hydrogen-bond acceptors (Lipinski definition) is 5. The van der Waals surface area contributed by atoms with Gasteiger partial charge >= 0.3 is 6.03 Å². The van der Waals surface area contributed by atoms with Gasteiger partial charge < -0.3 is 20.3 Å². The predicted molar refractivity (Wildman–Crippen MR) is 121 cm³/mol. The van der Waals surface area contributed by atoms with Crippen LogP contribution in [0.4, 0.5) is 10.5 Å². The summed E-state index contributed by atoms with van der Waals surface area (Å²) >= 11 is 0. The summed E-state index contributed by atoms with van der Waals surface area (Å²) in [5.41, 5.74) is 2.03. The zero-order chi connectivity index (χ0) is 23.8. The number of piperidine rings is 1. The highest BCUT2D eigenvalue weighted by molar-refractivity contribution is 6.05. The Bertz CT molecular complexity index is 1130. The molecule has 0 saturated carbocycles. The number of carbonyl (C=O) groups excluding carboxylic acids is 4. The van der Waals surface area contributed by atoms with Gasteiger partial charge in [-0.25, -0.2) is 4.79 Å². The number of rotatable bonds is 5. The normalized spacial score (nSPS) is 18.0. The van der Waals surface area contributed by atoms with Crippen molar-refractivity contribution in [1.29, 1.82) is 0 Å². The molecule has 2 aromatic rings. The Labute approximate surface area is 191 Å². The number of anilines is 1. The third kappa shape index (κ3) is 4.52. The molecule has 0 bridgehead atoms. The largest absolute Gasteiger partial charge is 0.497 e. The molecule has 2 heterocycles. The van der Waals surface area contributed by atoms with Gasteiger partial charge in [0.2, 0.25) is 11.8 Å².